The molecule has 0 radical (unpaired) electrons. The summed E-state index contributed by atoms with van der Waals surface area (Å²) in [6.45, 7) is 5.34. The SMILES string of the molecule is CCC(CC)(CC(=O)Nc1nnc(C)s1)C(=O)O. The van der Waals surface area contributed by atoms with Crippen molar-refractivity contribution >= 4 is 28.3 Å². The van der Waals surface area contributed by atoms with Crippen molar-refractivity contribution < 1.29 is 14.7 Å². The van der Waals surface area contributed by atoms with Crippen LogP contribution in [0.1, 0.15) is 38.1 Å². The summed E-state index contributed by atoms with van der Waals surface area (Å²) in [6, 6.07) is 0. The van der Waals surface area contributed by atoms with E-state index in [1.807, 2.05) is 0 Å². The van der Waals surface area contributed by atoms with Crippen LogP contribution in [0.4, 0.5) is 5.13 Å². The Balaban J connectivity index is 2.70. The quantitative estimate of drug-likeness (QED) is 0.826. The van der Waals surface area contributed by atoms with Crippen molar-refractivity contribution in [3.05, 3.63) is 5.01 Å². The molecule has 0 atom stereocenters. The number of anilines is 1. The van der Waals surface area contributed by atoms with Gasteiger partial charge < -0.3 is 10.4 Å². The maximum atomic E-state index is 11.8. The van der Waals surface area contributed by atoms with Gasteiger partial charge in [-0.05, 0) is 19.8 Å². The summed E-state index contributed by atoms with van der Waals surface area (Å²) in [5.41, 5.74) is -0.996. The van der Waals surface area contributed by atoms with Crippen molar-refractivity contribution in [3.63, 3.8) is 0 Å². The van der Waals surface area contributed by atoms with E-state index < -0.39 is 11.4 Å². The third-order valence-corrected chi connectivity index (χ3v) is 3.83. The van der Waals surface area contributed by atoms with Gasteiger partial charge >= 0.3 is 5.97 Å². The van der Waals surface area contributed by atoms with Gasteiger partial charge in [-0.1, -0.05) is 25.2 Å². The number of nitrogens with one attached hydrogen (secondary N) is 1. The zero-order valence-corrected chi connectivity index (χ0v) is 11.5. The minimum absolute atomic E-state index is 0.0477. The number of aromatic nitrogens is 2. The monoisotopic (exact) mass is 271 g/mol. The maximum absolute atomic E-state index is 11.8. The highest BCUT2D eigenvalue weighted by Gasteiger charge is 2.37. The normalized spacial score (nSPS) is 11.3. The largest absolute Gasteiger partial charge is 0.481 e. The summed E-state index contributed by atoms with van der Waals surface area (Å²) in [5.74, 6) is -1.27. The average Bonchev–Trinajstić information content (AvgIpc) is 2.71. The zero-order valence-electron chi connectivity index (χ0n) is 10.7. The van der Waals surface area contributed by atoms with E-state index in [0.717, 1.165) is 5.01 Å². The van der Waals surface area contributed by atoms with Gasteiger partial charge in [-0.15, -0.1) is 10.2 Å². The van der Waals surface area contributed by atoms with Gasteiger partial charge in [0, 0.05) is 6.42 Å². The second-order valence-corrected chi connectivity index (χ2v) is 5.33. The van der Waals surface area contributed by atoms with Crippen LogP contribution >= 0.6 is 11.3 Å². The molecule has 1 rings (SSSR count). The van der Waals surface area contributed by atoms with Gasteiger partial charge in [0.25, 0.3) is 0 Å². The Morgan fingerprint density at radius 2 is 1.94 bits per heavy atom. The predicted octanol–water partition coefficient (Wildman–Crippen LogP) is 2.07. The molecule has 100 valence electrons. The molecule has 1 aromatic heterocycles. The van der Waals surface area contributed by atoms with Crippen molar-refractivity contribution in [2.24, 2.45) is 5.41 Å². The number of aliphatic carboxylic acids is 1. The molecule has 0 aliphatic carbocycles. The smallest absolute Gasteiger partial charge is 0.310 e. The molecule has 6 nitrogen and oxygen atoms in total. The highest BCUT2D eigenvalue weighted by Crippen LogP contribution is 2.31. The van der Waals surface area contributed by atoms with E-state index in [0.29, 0.717) is 18.0 Å². The minimum atomic E-state index is -0.996. The highest BCUT2D eigenvalue weighted by molar-refractivity contribution is 7.15. The number of carbonyl (C=O) groups is 2. The number of nitrogens with zero attached hydrogens (tertiary/aromatic N) is 2. The maximum Gasteiger partial charge on any atom is 0.310 e. The molecule has 0 fully saturated rings. The predicted molar refractivity (Wildman–Crippen MR) is 68.5 cm³/mol. The van der Waals surface area contributed by atoms with Crippen LogP contribution in [0.5, 0.6) is 0 Å². The van der Waals surface area contributed by atoms with Gasteiger partial charge in [-0.2, -0.15) is 0 Å². The number of carboxylic acids is 1. The van der Waals surface area contributed by atoms with Gasteiger partial charge in [0.15, 0.2) is 0 Å². The molecule has 1 aromatic rings. The van der Waals surface area contributed by atoms with E-state index in [1.54, 1.807) is 20.8 Å². The summed E-state index contributed by atoms with van der Waals surface area (Å²) in [6.07, 6.45) is 0.788. The van der Waals surface area contributed by atoms with Crippen LogP contribution in [0.15, 0.2) is 0 Å². The van der Waals surface area contributed by atoms with E-state index in [2.05, 4.69) is 15.5 Å². The fourth-order valence-corrected chi connectivity index (χ4v) is 2.30. The second-order valence-electron chi connectivity index (χ2n) is 4.14. The van der Waals surface area contributed by atoms with Crippen molar-refractivity contribution in [2.45, 2.75) is 40.0 Å². The minimum Gasteiger partial charge on any atom is -0.481 e. The van der Waals surface area contributed by atoms with E-state index in [4.69, 9.17) is 0 Å². The number of amides is 1. The standard InChI is InChI=1S/C11H17N3O3S/c1-4-11(5-2,9(16)17)6-8(15)12-10-14-13-7(3)18-10/h4-6H2,1-3H3,(H,16,17)(H,12,14,15). The molecule has 0 aliphatic rings. The summed E-state index contributed by atoms with van der Waals surface area (Å²) >= 11 is 1.26. The van der Waals surface area contributed by atoms with Gasteiger partial charge in [0.2, 0.25) is 11.0 Å². The lowest BCUT2D eigenvalue weighted by atomic mass is 9.79. The summed E-state index contributed by atoms with van der Waals surface area (Å²) < 4.78 is 0. The van der Waals surface area contributed by atoms with Crippen LogP contribution in [0.3, 0.4) is 0 Å². The lowest BCUT2D eigenvalue weighted by molar-refractivity contribution is -0.151. The van der Waals surface area contributed by atoms with Crippen LogP contribution in [-0.2, 0) is 9.59 Å². The Labute approximate surface area is 109 Å². The van der Waals surface area contributed by atoms with E-state index in [9.17, 15) is 14.7 Å². The molecule has 0 bridgehead atoms. The van der Waals surface area contributed by atoms with E-state index in [-0.39, 0.29) is 12.3 Å². The first-order valence-corrected chi connectivity index (χ1v) is 6.58. The molecule has 0 spiro atoms. The number of aryl methyl sites for hydroxylation is 1. The highest BCUT2D eigenvalue weighted by atomic mass is 32.1. The van der Waals surface area contributed by atoms with Crippen molar-refractivity contribution in [1.29, 1.82) is 0 Å². The lowest BCUT2D eigenvalue weighted by Crippen LogP contribution is -2.34. The number of rotatable bonds is 6. The fourth-order valence-electron chi connectivity index (χ4n) is 1.70. The van der Waals surface area contributed by atoms with Crippen molar-refractivity contribution in [3.8, 4) is 0 Å². The number of hydrogen-bond donors (Lipinski definition) is 2. The van der Waals surface area contributed by atoms with Crippen LogP contribution in [0.25, 0.3) is 0 Å². The van der Waals surface area contributed by atoms with Gasteiger partial charge in [0.05, 0.1) is 5.41 Å². The molecule has 18 heavy (non-hydrogen) atoms. The third-order valence-electron chi connectivity index (χ3n) is 3.08. The van der Waals surface area contributed by atoms with Gasteiger partial charge in [-0.3, -0.25) is 9.59 Å². The Bertz CT molecular complexity index is 440. The molecule has 0 aliphatic heterocycles. The summed E-state index contributed by atoms with van der Waals surface area (Å²) in [7, 11) is 0. The Morgan fingerprint density at radius 1 is 1.33 bits per heavy atom. The Morgan fingerprint density at radius 3 is 2.33 bits per heavy atom. The number of carboxylic acid groups (broad SMARTS) is 1. The topological polar surface area (TPSA) is 92.2 Å². The first-order valence-electron chi connectivity index (χ1n) is 5.77. The molecule has 2 N–H and O–H groups in total. The molecule has 1 heterocycles. The third kappa shape index (κ3) is 3.25. The number of carbonyl (C=O) groups excluding carboxylic acids is 1. The molecular formula is C11H17N3O3S. The first-order chi connectivity index (χ1) is 8.43. The summed E-state index contributed by atoms with van der Waals surface area (Å²) in [5, 5.41) is 20.5. The molecule has 7 heteroatoms. The summed E-state index contributed by atoms with van der Waals surface area (Å²) in [4.78, 5) is 23.1. The zero-order chi connectivity index (χ0) is 13.8. The van der Waals surface area contributed by atoms with Crippen molar-refractivity contribution in [2.75, 3.05) is 5.32 Å². The van der Waals surface area contributed by atoms with Crippen LogP contribution in [0, 0.1) is 12.3 Å². The number of hydrogen-bond acceptors (Lipinski definition) is 5. The van der Waals surface area contributed by atoms with Gasteiger partial charge in [0.1, 0.15) is 5.01 Å². The Hall–Kier alpha value is -1.50. The molecule has 0 saturated carbocycles. The Kier molecular flexibility index (Phi) is 4.77. The molecule has 1 amide bonds. The van der Waals surface area contributed by atoms with Crippen LogP contribution in [-0.4, -0.2) is 27.2 Å². The fraction of sp³-hybridized carbons (Fsp3) is 0.636. The molecule has 0 unspecified atom stereocenters. The van der Waals surface area contributed by atoms with Gasteiger partial charge in [-0.25, -0.2) is 0 Å². The molecular weight excluding hydrogens is 254 g/mol. The van der Waals surface area contributed by atoms with E-state index >= 15 is 0 Å². The molecule has 0 saturated heterocycles. The van der Waals surface area contributed by atoms with Crippen molar-refractivity contribution in [1.82, 2.24) is 10.2 Å². The average molecular weight is 271 g/mol. The van der Waals surface area contributed by atoms with E-state index in [1.165, 1.54) is 11.3 Å². The van der Waals surface area contributed by atoms with Crippen LogP contribution < -0.4 is 5.32 Å². The molecule has 0 aromatic carbocycles. The lowest BCUT2D eigenvalue weighted by Gasteiger charge is -2.25. The van der Waals surface area contributed by atoms with Crippen LogP contribution in [0.2, 0.25) is 0 Å². The second kappa shape index (κ2) is 5.90. The first kappa shape index (κ1) is 14.6.